The van der Waals surface area contributed by atoms with Crippen molar-refractivity contribution < 1.29 is 22.7 Å². The molecule has 0 aliphatic carbocycles. The van der Waals surface area contributed by atoms with E-state index < -0.39 is 29.5 Å². The SMILES string of the molecule is CCOc1ccc(-c2cccnc2C(Cc2cc(F)cc(F)c2)NC(=O)NSc2ccccc2C)cc1F. The summed E-state index contributed by atoms with van der Waals surface area (Å²) in [6.07, 6.45) is 1.59. The minimum absolute atomic E-state index is 0.0423. The third-order valence-electron chi connectivity index (χ3n) is 5.73. The Kier molecular flexibility index (Phi) is 8.91. The van der Waals surface area contributed by atoms with E-state index in [0.717, 1.165) is 28.5 Å². The van der Waals surface area contributed by atoms with E-state index >= 15 is 0 Å². The smallest absolute Gasteiger partial charge is 0.325 e. The first-order valence-corrected chi connectivity index (χ1v) is 12.8. The predicted molar refractivity (Wildman–Crippen MR) is 142 cm³/mol. The Bertz CT molecular complexity index is 1410. The van der Waals surface area contributed by atoms with Crippen LogP contribution in [-0.4, -0.2) is 17.6 Å². The molecule has 4 aromatic rings. The summed E-state index contributed by atoms with van der Waals surface area (Å²) < 4.78 is 50.7. The van der Waals surface area contributed by atoms with Crippen LogP contribution in [0.4, 0.5) is 18.0 Å². The van der Waals surface area contributed by atoms with Crippen molar-refractivity contribution in [2.24, 2.45) is 0 Å². The highest BCUT2D eigenvalue weighted by Crippen LogP contribution is 2.32. The minimum atomic E-state index is -0.792. The van der Waals surface area contributed by atoms with Crippen molar-refractivity contribution in [2.75, 3.05) is 6.61 Å². The Morgan fingerprint density at radius 2 is 1.76 bits per heavy atom. The zero-order valence-electron chi connectivity index (χ0n) is 20.8. The van der Waals surface area contributed by atoms with Crippen molar-refractivity contribution in [3.05, 3.63) is 113 Å². The van der Waals surface area contributed by atoms with Gasteiger partial charge in [0.15, 0.2) is 11.6 Å². The summed E-state index contributed by atoms with van der Waals surface area (Å²) in [4.78, 5) is 18.3. The molecule has 2 amide bonds. The lowest BCUT2D eigenvalue weighted by Gasteiger charge is -2.22. The van der Waals surface area contributed by atoms with Crippen LogP contribution in [0.25, 0.3) is 11.1 Å². The van der Waals surface area contributed by atoms with Crippen molar-refractivity contribution in [1.29, 1.82) is 0 Å². The first-order chi connectivity index (χ1) is 18.3. The second-order valence-corrected chi connectivity index (χ2v) is 9.34. The van der Waals surface area contributed by atoms with E-state index in [2.05, 4.69) is 15.0 Å². The number of hydrogen-bond acceptors (Lipinski definition) is 4. The van der Waals surface area contributed by atoms with Crippen LogP contribution in [0, 0.1) is 24.4 Å². The summed E-state index contributed by atoms with van der Waals surface area (Å²) >= 11 is 1.15. The first-order valence-electron chi connectivity index (χ1n) is 12.0. The second-order valence-electron chi connectivity index (χ2n) is 8.49. The molecule has 9 heteroatoms. The van der Waals surface area contributed by atoms with Crippen molar-refractivity contribution in [3.63, 3.8) is 0 Å². The number of halogens is 3. The number of carbonyl (C=O) groups is 1. The number of aromatic nitrogens is 1. The van der Waals surface area contributed by atoms with Gasteiger partial charge < -0.3 is 10.1 Å². The molecule has 1 heterocycles. The summed E-state index contributed by atoms with van der Waals surface area (Å²) in [6, 6.07) is 17.5. The largest absolute Gasteiger partial charge is 0.491 e. The number of nitrogens with one attached hydrogen (secondary N) is 2. The van der Waals surface area contributed by atoms with Crippen molar-refractivity contribution in [3.8, 4) is 16.9 Å². The molecule has 38 heavy (non-hydrogen) atoms. The van der Waals surface area contributed by atoms with Crippen LogP contribution in [-0.2, 0) is 6.42 Å². The average molecular weight is 538 g/mol. The highest BCUT2D eigenvalue weighted by Gasteiger charge is 2.22. The number of aryl methyl sites for hydroxylation is 1. The van der Waals surface area contributed by atoms with Gasteiger partial charge in [0.1, 0.15) is 11.6 Å². The number of ether oxygens (including phenoxy) is 1. The summed E-state index contributed by atoms with van der Waals surface area (Å²) in [6.45, 7) is 4.01. The molecule has 0 aliphatic rings. The molecular weight excluding hydrogens is 511 g/mol. The highest BCUT2D eigenvalue weighted by molar-refractivity contribution is 7.98. The van der Waals surface area contributed by atoms with E-state index in [1.165, 1.54) is 24.3 Å². The zero-order chi connectivity index (χ0) is 27.1. The van der Waals surface area contributed by atoms with E-state index in [4.69, 9.17) is 4.74 Å². The molecule has 0 radical (unpaired) electrons. The van der Waals surface area contributed by atoms with Gasteiger partial charge in [-0.05, 0) is 85.3 Å². The van der Waals surface area contributed by atoms with Crippen molar-refractivity contribution in [2.45, 2.75) is 31.2 Å². The summed E-state index contributed by atoms with van der Waals surface area (Å²) in [5.41, 5.74) is 2.81. The quantitative estimate of drug-likeness (QED) is 0.222. The van der Waals surface area contributed by atoms with Gasteiger partial charge in [-0.2, -0.15) is 0 Å². The number of nitrogens with zero attached hydrogens (tertiary/aromatic N) is 1. The fraction of sp³-hybridized carbons (Fsp3) is 0.172. The molecule has 2 N–H and O–H groups in total. The van der Waals surface area contributed by atoms with Gasteiger partial charge in [0, 0.05) is 22.7 Å². The van der Waals surface area contributed by atoms with Crippen LogP contribution in [0.3, 0.4) is 0 Å². The molecule has 1 aromatic heterocycles. The van der Waals surface area contributed by atoms with Gasteiger partial charge in [-0.15, -0.1) is 0 Å². The van der Waals surface area contributed by atoms with Gasteiger partial charge in [0.2, 0.25) is 0 Å². The maximum absolute atomic E-state index is 14.7. The third-order valence-corrected chi connectivity index (χ3v) is 6.69. The summed E-state index contributed by atoms with van der Waals surface area (Å²) in [5, 5.41) is 2.87. The van der Waals surface area contributed by atoms with Gasteiger partial charge in [0.25, 0.3) is 0 Å². The lowest BCUT2D eigenvalue weighted by Crippen LogP contribution is -2.36. The molecule has 0 saturated carbocycles. The molecule has 4 rings (SSSR count). The van der Waals surface area contributed by atoms with Crippen LogP contribution in [0.1, 0.15) is 29.8 Å². The van der Waals surface area contributed by atoms with E-state index in [1.807, 2.05) is 31.2 Å². The molecule has 3 aromatic carbocycles. The molecule has 5 nitrogen and oxygen atoms in total. The number of benzene rings is 3. The second kappa shape index (κ2) is 12.5. The van der Waals surface area contributed by atoms with Crippen LogP contribution in [0.15, 0.2) is 83.9 Å². The zero-order valence-corrected chi connectivity index (χ0v) is 21.6. The minimum Gasteiger partial charge on any atom is -0.491 e. The number of amides is 2. The van der Waals surface area contributed by atoms with Crippen molar-refractivity contribution >= 4 is 18.0 Å². The predicted octanol–water partition coefficient (Wildman–Crippen LogP) is 7.16. The van der Waals surface area contributed by atoms with Crippen LogP contribution in [0.5, 0.6) is 5.75 Å². The molecule has 1 atom stereocenters. The van der Waals surface area contributed by atoms with Crippen LogP contribution < -0.4 is 14.8 Å². The standard InChI is InChI=1S/C29H26F3N3O2S/c1-3-37-26-11-10-20(16-24(26)32)23-8-6-12-33-28(23)25(15-19-13-21(30)17-22(31)14-19)34-29(36)35-38-27-9-5-4-7-18(27)2/h4-14,16-17,25H,3,15H2,1-2H3,(H2,34,35,36). The Hall–Kier alpha value is -3.98. The number of pyridine rings is 1. The van der Waals surface area contributed by atoms with Gasteiger partial charge >= 0.3 is 6.03 Å². The molecule has 1 unspecified atom stereocenters. The van der Waals surface area contributed by atoms with E-state index in [-0.39, 0.29) is 12.2 Å². The molecule has 0 saturated heterocycles. The lowest BCUT2D eigenvalue weighted by atomic mass is 9.95. The summed E-state index contributed by atoms with van der Waals surface area (Å²) in [7, 11) is 0. The van der Waals surface area contributed by atoms with E-state index in [0.29, 0.717) is 29.0 Å². The number of hydrogen-bond donors (Lipinski definition) is 2. The number of urea groups is 1. The first kappa shape index (κ1) is 27.1. The highest BCUT2D eigenvalue weighted by atomic mass is 32.2. The molecule has 0 aliphatic heterocycles. The molecule has 0 bridgehead atoms. The Labute approximate surface area is 223 Å². The van der Waals surface area contributed by atoms with Crippen LogP contribution >= 0.6 is 11.9 Å². The van der Waals surface area contributed by atoms with Gasteiger partial charge in [-0.3, -0.25) is 9.71 Å². The average Bonchev–Trinajstić information content (AvgIpc) is 2.88. The Balaban J connectivity index is 1.66. The van der Waals surface area contributed by atoms with Gasteiger partial charge in [-0.1, -0.05) is 30.3 Å². The molecule has 0 fully saturated rings. The molecule has 0 spiro atoms. The maximum atomic E-state index is 14.7. The number of carbonyl (C=O) groups excluding carboxylic acids is 1. The van der Waals surface area contributed by atoms with Crippen LogP contribution in [0.2, 0.25) is 0 Å². The fourth-order valence-corrected chi connectivity index (χ4v) is 4.66. The fourth-order valence-electron chi connectivity index (χ4n) is 4.02. The Morgan fingerprint density at radius 3 is 2.47 bits per heavy atom. The van der Waals surface area contributed by atoms with Gasteiger partial charge in [0.05, 0.1) is 18.3 Å². The third kappa shape index (κ3) is 6.86. The number of rotatable bonds is 9. The topological polar surface area (TPSA) is 63.2 Å². The summed E-state index contributed by atoms with van der Waals surface area (Å²) in [5.74, 6) is -1.87. The molecule has 196 valence electrons. The van der Waals surface area contributed by atoms with E-state index in [9.17, 15) is 18.0 Å². The lowest BCUT2D eigenvalue weighted by molar-refractivity contribution is 0.242. The molecular formula is C29H26F3N3O2S. The van der Waals surface area contributed by atoms with Crippen molar-refractivity contribution in [1.82, 2.24) is 15.0 Å². The Morgan fingerprint density at radius 1 is 1.00 bits per heavy atom. The normalized spacial score (nSPS) is 11.6. The van der Waals surface area contributed by atoms with Gasteiger partial charge in [-0.25, -0.2) is 18.0 Å². The maximum Gasteiger partial charge on any atom is 0.325 e. The monoisotopic (exact) mass is 537 g/mol. The van der Waals surface area contributed by atoms with E-state index in [1.54, 1.807) is 31.3 Å².